The Hall–Kier alpha value is -0.530. The summed E-state index contributed by atoms with van der Waals surface area (Å²) in [6.07, 6.45) is 1.35. The van der Waals surface area contributed by atoms with Crippen molar-refractivity contribution in [3.05, 3.63) is 0 Å². The van der Waals surface area contributed by atoms with Crippen molar-refractivity contribution in [2.75, 3.05) is 0 Å². The molecule has 0 aliphatic carbocycles. The number of hydrogen-bond acceptors (Lipinski definition) is 2. The second-order valence-corrected chi connectivity index (χ2v) is 2.92. The summed E-state index contributed by atoms with van der Waals surface area (Å²) in [5, 5.41) is 3.86. The monoisotopic (exact) mass is 127 g/mol. The fraction of sp³-hybridized carbons (Fsp3) is 0.857. The molecule has 1 aliphatic rings. The smallest absolute Gasteiger partial charge is 0.135 e. The molecule has 0 aromatic carbocycles. The van der Waals surface area contributed by atoms with Crippen LogP contribution in [0.2, 0.25) is 0 Å². The fourth-order valence-corrected chi connectivity index (χ4v) is 0.881. The fourth-order valence-electron chi connectivity index (χ4n) is 0.881. The molecule has 0 saturated carbocycles. The van der Waals surface area contributed by atoms with Crippen LogP contribution in [0, 0.1) is 5.92 Å². The van der Waals surface area contributed by atoms with E-state index in [4.69, 9.17) is 4.84 Å². The van der Waals surface area contributed by atoms with Gasteiger partial charge in [0.2, 0.25) is 0 Å². The maximum absolute atomic E-state index is 5.11. The normalized spacial score (nSPS) is 26.2. The SMILES string of the molecule is CC1=NOC(C(C)C)C1. The molecule has 0 N–H and O–H groups in total. The lowest BCUT2D eigenvalue weighted by molar-refractivity contribution is 0.0521. The van der Waals surface area contributed by atoms with Crippen LogP contribution < -0.4 is 0 Å². The van der Waals surface area contributed by atoms with Crippen LogP contribution in [0.25, 0.3) is 0 Å². The predicted molar refractivity (Wildman–Crippen MR) is 37.4 cm³/mol. The summed E-state index contributed by atoms with van der Waals surface area (Å²) in [6.45, 7) is 6.31. The van der Waals surface area contributed by atoms with Crippen molar-refractivity contribution < 1.29 is 4.84 Å². The van der Waals surface area contributed by atoms with Gasteiger partial charge in [0, 0.05) is 6.42 Å². The lowest BCUT2D eigenvalue weighted by Gasteiger charge is -2.10. The maximum atomic E-state index is 5.11. The molecule has 0 spiro atoms. The average Bonchev–Trinajstić information content (AvgIpc) is 2.14. The van der Waals surface area contributed by atoms with Gasteiger partial charge in [-0.2, -0.15) is 0 Å². The van der Waals surface area contributed by atoms with E-state index in [-0.39, 0.29) is 0 Å². The highest BCUT2D eigenvalue weighted by atomic mass is 16.6. The Morgan fingerprint density at radius 1 is 1.67 bits per heavy atom. The molecule has 0 fully saturated rings. The summed E-state index contributed by atoms with van der Waals surface area (Å²) in [5.74, 6) is 0.589. The van der Waals surface area contributed by atoms with Crippen LogP contribution in [0.4, 0.5) is 0 Å². The molecule has 0 aromatic rings. The minimum Gasteiger partial charge on any atom is -0.392 e. The first kappa shape index (κ1) is 6.59. The van der Waals surface area contributed by atoms with Crippen molar-refractivity contribution in [1.82, 2.24) is 0 Å². The highest BCUT2D eigenvalue weighted by Gasteiger charge is 2.20. The van der Waals surface area contributed by atoms with Crippen LogP contribution in [0.15, 0.2) is 5.16 Å². The third-order valence-corrected chi connectivity index (χ3v) is 1.58. The van der Waals surface area contributed by atoms with Crippen LogP contribution >= 0.6 is 0 Å². The largest absolute Gasteiger partial charge is 0.392 e. The van der Waals surface area contributed by atoms with Gasteiger partial charge in [0.15, 0.2) is 0 Å². The zero-order chi connectivity index (χ0) is 6.85. The molecule has 0 aromatic heterocycles. The first-order valence-corrected chi connectivity index (χ1v) is 3.39. The molecular formula is C7H13NO. The van der Waals surface area contributed by atoms with E-state index in [1.165, 1.54) is 0 Å². The van der Waals surface area contributed by atoms with Crippen molar-refractivity contribution in [2.24, 2.45) is 11.1 Å². The van der Waals surface area contributed by atoms with Gasteiger partial charge in [-0.25, -0.2) is 0 Å². The van der Waals surface area contributed by atoms with Gasteiger partial charge in [-0.15, -0.1) is 0 Å². The van der Waals surface area contributed by atoms with Crippen LogP contribution in [0.5, 0.6) is 0 Å². The molecule has 2 nitrogen and oxygen atoms in total. The van der Waals surface area contributed by atoms with E-state index in [9.17, 15) is 0 Å². The summed E-state index contributed by atoms with van der Waals surface area (Å²) >= 11 is 0. The Morgan fingerprint density at radius 2 is 2.33 bits per heavy atom. The summed E-state index contributed by atoms with van der Waals surface area (Å²) in [6, 6.07) is 0. The van der Waals surface area contributed by atoms with E-state index >= 15 is 0 Å². The van der Waals surface area contributed by atoms with Gasteiger partial charge in [-0.3, -0.25) is 0 Å². The molecule has 2 heteroatoms. The van der Waals surface area contributed by atoms with Crippen molar-refractivity contribution in [2.45, 2.75) is 33.3 Å². The zero-order valence-corrected chi connectivity index (χ0v) is 6.22. The maximum Gasteiger partial charge on any atom is 0.135 e. The molecule has 0 radical (unpaired) electrons. The minimum absolute atomic E-state index is 0.338. The van der Waals surface area contributed by atoms with Crippen LogP contribution in [0.1, 0.15) is 27.2 Å². The van der Waals surface area contributed by atoms with Crippen LogP contribution in [-0.4, -0.2) is 11.8 Å². The van der Waals surface area contributed by atoms with Crippen molar-refractivity contribution in [3.63, 3.8) is 0 Å². The van der Waals surface area contributed by atoms with Crippen LogP contribution in [-0.2, 0) is 4.84 Å². The van der Waals surface area contributed by atoms with Gasteiger partial charge >= 0.3 is 0 Å². The summed E-state index contributed by atoms with van der Waals surface area (Å²) in [7, 11) is 0. The summed E-state index contributed by atoms with van der Waals surface area (Å²) in [5.41, 5.74) is 1.12. The molecule has 0 saturated heterocycles. The second-order valence-electron chi connectivity index (χ2n) is 2.92. The topological polar surface area (TPSA) is 21.6 Å². The Kier molecular flexibility index (Phi) is 1.74. The first-order chi connectivity index (χ1) is 4.20. The Morgan fingerprint density at radius 3 is 2.56 bits per heavy atom. The summed E-state index contributed by atoms with van der Waals surface area (Å²) in [4.78, 5) is 5.11. The van der Waals surface area contributed by atoms with Crippen molar-refractivity contribution >= 4 is 5.71 Å². The lowest BCUT2D eigenvalue weighted by atomic mass is 10.0. The van der Waals surface area contributed by atoms with E-state index < -0.39 is 0 Å². The van der Waals surface area contributed by atoms with E-state index in [1.807, 2.05) is 6.92 Å². The average molecular weight is 127 g/mol. The van der Waals surface area contributed by atoms with E-state index in [0.717, 1.165) is 12.1 Å². The third kappa shape index (κ3) is 1.44. The minimum atomic E-state index is 0.338. The van der Waals surface area contributed by atoms with E-state index in [0.29, 0.717) is 12.0 Å². The van der Waals surface area contributed by atoms with E-state index in [2.05, 4.69) is 19.0 Å². The van der Waals surface area contributed by atoms with E-state index in [1.54, 1.807) is 0 Å². The van der Waals surface area contributed by atoms with Gasteiger partial charge in [0.1, 0.15) is 6.10 Å². The number of rotatable bonds is 1. The van der Waals surface area contributed by atoms with Gasteiger partial charge in [0.05, 0.1) is 5.71 Å². The third-order valence-electron chi connectivity index (χ3n) is 1.58. The molecule has 52 valence electrons. The standard InChI is InChI=1S/C7H13NO/c1-5(2)7-4-6(3)8-9-7/h5,7H,4H2,1-3H3. The summed E-state index contributed by atoms with van der Waals surface area (Å²) < 4.78 is 0. The Balaban J connectivity index is 2.37. The zero-order valence-electron chi connectivity index (χ0n) is 6.22. The number of hydrogen-bond donors (Lipinski definition) is 0. The number of oxime groups is 1. The Bertz CT molecular complexity index is 129. The Labute approximate surface area is 55.9 Å². The quantitative estimate of drug-likeness (QED) is 0.526. The van der Waals surface area contributed by atoms with Gasteiger partial charge in [0.25, 0.3) is 0 Å². The first-order valence-electron chi connectivity index (χ1n) is 3.39. The van der Waals surface area contributed by atoms with Crippen LogP contribution in [0.3, 0.4) is 0 Å². The van der Waals surface area contributed by atoms with Gasteiger partial charge < -0.3 is 4.84 Å². The molecule has 1 heterocycles. The predicted octanol–water partition coefficient (Wildman–Crippen LogP) is 1.81. The van der Waals surface area contributed by atoms with Crippen molar-refractivity contribution in [3.8, 4) is 0 Å². The van der Waals surface area contributed by atoms with Crippen molar-refractivity contribution in [1.29, 1.82) is 0 Å². The van der Waals surface area contributed by atoms with Gasteiger partial charge in [-0.05, 0) is 12.8 Å². The molecule has 9 heavy (non-hydrogen) atoms. The molecule has 0 bridgehead atoms. The second kappa shape index (κ2) is 2.38. The van der Waals surface area contributed by atoms with Gasteiger partial charge in [-0.1, -0.05) is 19.0 Å². The molecule has 1 atom stereocenters. The molecule has 1 rings (SSSR count). The highest BCUT2D eigenvalue weighted by molar-refractivity contribution is 5.82. The lowest BCUT2D eigenvalue weighted by Crippen LogP contribution is -2.14. The molecule has 1 aliphatic heterocycles. The molecule has 0 amide bonds. The molecular weight excluding hydrogens is 114 g/mol. The molecule has 1 unspecified atom stereocenters. The highest BCUT2D eigenvalue weighted by Crippen LogP contribution is 2.17. The number of nitrogens with zero attached hydrogens (tertiary/aromatic N) is 1.